The highest BCUT2D eigenvalue weighted by atomic mass is 79.9. The molecule has 0 fully saturated rings. The highest BCUT2D eigenvalue weighted by Crippen LogP contribution is 2.49. The Balaban J connectivity index is 3.02. The van der Waals surface area contributed by atoms with E-state index in [4.69, 9.17) is 0 Å². The predicted molar refractivity (Wildman–Crippen MR) is 60.0 cm³/mol. The first-order valence-corrected chi connectivity index (χ1v) is 6.80. The molecule has 0 amide bonds. The maximum atomic E-state index is 12.1. The van der Waals surface area contributed by atoms with Crippen LogP contribution in [-0.4, -0.2) is 16.0 Å². The number of hydrogen-bond donors (Lipinski definition) is 1. The van der Waals surface area contributed by atoms with Crippen molar-refractivity contribution in [2.24, 2.45) is 0 Å². The van der Waals surface area contributed by atoms with E-state index in [9.17, 15) is 26.3 Å². The Morgan fingerprint density at radius 1 is 0.882 bits per heavy atom. The van der Waals surface area contributed by atoms with E-state index in [2.05, 4.69) is 36.8 Å². The van der Waals surface area contributed by atoms with Crippen LogP contribution in [0, 0.1) is 0 Å². The summed E-state index contributed by atoms with van der Waals surface area (Å²) in [5, 5.41) is -0.434. The molecule has 0 aliphatic heterocycles. The van der Waals surface area contributed by atoms with Gasteiger partial charge in [0.15, 0.2) is 0 Å². The SMILES string of the molecule is FC(F)(F)Sc1[nH]c(Br)c(SC(F)(F)F)c1Br. The lowest BCUT2D eigenvalue weighted by atomic mass is 10.7. The summed E-state index contributed by atoms with van der Waals surface area (Å²) in [7, 11) is 0. The van der Waals surface area contributed by atoms with E-state index >= 15 is 0 Å². The van der Waals surface area contributed by atoms with Crippen LogP contribution in [0.25, 0.3) is 0 Å². The fourth-order valence-electron chi connectivity index (χ4n) is 0.802. The first kappa shape index (κ1) is 15.6. The van der Waals surface area contributed by atoms with Crippen LogP contribution in [-0.2, 0) is 0 Å². The average molecular weight is 425 g/mol. The van der Waals surface area contributed by atoms with Gasteiger partial charge in [-0.25, -0.2) is 0 Å². The minimum Gasteiger partial charge on any atom is -0.342 e. The van der Waals surface area contributed by atoms with Gasteiger partial charge in [0, 0.05) is 11.8 Å². The van der Waals surface area contributed by atoms with Crippen LogP contribution in [0.2, 0.25) is 0 Å². The molecule has 0 saturated heterocycles. The van der Waals surface area contributed by atoms with Gasteiger partial charge in [0.2, 0.25) is 0 Å². The van der Waals surface area contributed by atoms with Crippen molar-refractivity contribution in [3.63, 3.8) is 0 Å². The molecule has 1 N–H and O–H groups in total. The standard InChI is InChI=1S/C6HBr2F6NS2/c7-1-2(16-5(9,10)11)3(8)15-4(1)17-6(12,13)14/h15H. The number of halogens is 8. The summed E-state index contributed by atoms with van der Waals surface area (Å²) in [5.41, 5.74) is -9.15. The molecule has 0 saturated carbocycles. The Morgan fingerprint density at radius 2 is 1.35 bits per heavy atom. The van der Waals surface area contributed by atoms with E-state index in [1.165, 1.54) is 0 Å². The van der Waals surface area contributed by atoms with Gasteiger partial charge < -0.3 is 4.98 Å². The highest BCUT2D eigenvalue weighted by Gasteiger charge is 2.36. The van der Waals surface area contributed by atoms with E-state index in [0.29, 0.717) is 0 Å². The number of hydrogen-bond acceptors (Lipinski definition) is 2. The van der Waals surface area contributed by atoms with E-state index in [1.54, 1.807) is 0 Å². The van der Waals surface area contributed by atoms with Crippen LogP contribution >= 0.6 is 55.4 Å². The summed E-state index contributed by atoms with van der Waals surface area (Å²) < 4.78 is 72.2. The monoisotopic (exact) mass is 423 g/mol. The fourth-order valence-corrected chi connectivity index (χ4v) is 3.83. The molecule has 0 bridgehead atoms. The Bertz CT molecular complexity index is 412. The molecule has 17 heavy (non-hydrogen) atoms. The van der Waals surface area contributed by atoms with Crippen LogP contribution < -0.4 is 0 Å². The van der Waals surface area contributed by atoms with Gasteiger partial charge in [-0.3, -0.25) is 0 Å². The quantitative estimate of drug-likeness (QED) is 0.479. The fraction of sp³-hybridized carbons (Fsp3) is 0.333. The van der Waals surface area contributed by atoms with Crippen LogP contribution in [0.15, 0.2) is 19.0 Å². The van der Waals surface area contributed by atoms with Crippen LogP contribution in [0.4, 0.5) is 26.3 Å². The second kappa shape index (κ2) is 5.25. The van der Waals surface area contributed by atoms with Crippen LogP contribution in [0.1, 0.15) is 0 Å². The van der Waals surface area contributed by atoms with Gasteiger partial charge in [0.05, 0.1) is 19.0 Å². The molecule has 0 aliphatic carbocycles. The smallest absolute Gasteiger partial charge is 0.342 e. The Hall–Kier alpha value is 0.520. The third-order valence-corrected chi connectivity index (χ3v) is 5.02. The number of aromatic amines is 1. The van der Waals surface area contributed by atoms with Crippen molar-refractivity contribution in [3.8, 4) is 0 Å². The molecule has 1 nitrogen and oxygen atoms in total. The lowest BCUT2D eigenvalue weighted by Gasteiger charge is -2.05. The average Bonchev–Trinajstić information content (AvgIpc) is 2.27. The van der Waals surface area contributed by atoms with Crippen molar-refractivity contribution in [3.05, 3.63) is 9.08 Å². The first-order valence-electron chi connectivity index (χ1n) is 3.58. The lowest BCUT2D eigenvalue weighted by Crippen LogP contribution is -2.00. The van der Waals surface area contributed by atoms with Crippen molar-refractivity contribution in [2.75, 3.05) is 0 Å². The zero-order valence-corrected chi connectivity index (χ0v) is 12.1. The maximum Gasteiger partial charge on any atom is 0.447 e. The second-order valence-electron chi connectivity index (χ2n) is 2.51. The zero-order chi connectivity index (χ0) is 13.4. The predicted octanol–water partition coefficient (Wildman–Crippen LogP) is 5.76. The van der Waals surface area contributed by atoms with Crippen LogP contribution in [0.5, 0.6) is 0 Å². The summed E-state index contributed by atoms with van der Waals surface area (Å²) in [4.78, 5) is 1.81. The number of aromatic nitrogens is 1. The minimum atomic E-state index is -4.58. The molecule has 0 radical (unpaired) electrons. The van der Waals surface area contributed by atoms with Crippen molar-refractivity contribution in [1.29, 1.82) is 0 Å². The summed E-state index contributed by atoms with van der Waals surface area (Å²) >= 11 is 4.42. The number of H-pyrrole nitrogens is 1. The molecule has 0 unspecified atom stereocenters. The number of nitrogens with one attached hydrogen (secondary N) is 1. The molecule has 1 aromatic heterocycles. The van der Waals surface area contributed by atoms with Crippen molar-refractivity contribution < 1.29 is 26.3 Å². The van der Waals surface area contributed by atoms with Crippen molar-refractivity contribution in [1.82, 2.24) is 4.98 Å². The molecule has 0 aromatic carbocycles. The summed E-state index contributed by atoms with van der Waals surface area (Å²) in [6.45, 7) is 0. The van der Waals surface area contributed by atoms with Gasteiger partial charge in [0.25, 0.3) is 0 Å². The Kier molecular flexibility index (Phi) is 4.81. The Morgan fingerprint density at radius 3 is 1.76 bits per heavy atom. The van der Waals surface area contributed by atoms with Gasteiger partial charge in [-0.15, -0.1) is 0 Å². The van der Waals surface area contributed by atoms with E-state index in [-0.39, 0.29) is 14.0 Å². The zero-order valence-electron chi connectivity index (χ0n) is 7.34. The molecule has 98 valence electrons. The Labute approximate surface area is 116 Å². The van der Waals surface area contributed by atoms with Gasteiger partial charge in [-0.05, 0) is 43.6 Å². The number of thioether (sulfide) groups is 2. The molecule has 1 rings (SSSR count). The highest BCUT2D eigenvalue weighted by molar-refractivity contribution is 9.11. The summed E-state index contributed by atoms with van der Waals surface area (Å²) in [6.07, 6.45) is 0. The molecule has 1 heterocycles. The molecule has 11 heteroatoms. The van der Waals surface area contributed by atoms with Gasteiger partial charge in [-0.2, -0.15) is 26.3 Å². The lowest BCUT2D eigenvalue weighted by molar-refractivity contribution is -0.0336. The molecule has 0 spiro atoms. The van der Waals surface area contributed by atoms with E-state index in [0.717, 1.165) is 0 Å². The third kappa shape index (κ3) is 4.95. The van der Waals surface area contributed by atoms with Gasteiger partial charge in [-0.1, -0.05) is 0 Å². The molecular formula is C6HBr2F6NS2. The number of alkyl halides is 6. The number of rotatable bonds is 2. The summed E-state index contributed by atoms with van der Waals surface area (Å²) in [6, 6.07) is 0. The van der Waals surface area contributed by atoms with Crippen molar-refractivity contribution >= 4 is 55.4 Å². The largest absolute Gasteiger partial charge is 0.447 e. The molecule has 0 atom stereocenters. The van der Waals surface area contributed by atoms with Crippen LogP contribution in [0.3, 0.4) is 0 Å². The summed E-state index contributed by atoms with van der Waals surface area (Å²) in [5.74, 6) is 0. The third-order valence-electron chi connectivity index (χ3n) is 1.26. The van der Waals surface area contributed by atoms with Gasteiger partial charge >= 0.3 is 11.0 Å². The van der Waals surface area contributed by atoms with E-state index < -0.39 is 39.6 Å². The topological polar surface area (TPSA) is 15.8 Å². The second-order valence-corrected chi connectivity index (χ2v) is 6.24. The van der Waals surface area contributed by atoms with Crippen molar-refractivity contribution in [2.45, 2.75) is 20.9 Å². The minimum absolute atomic E-state index is 0.154. The first-order chi connectivity index (χ1) is 7.49. The normalized spacial score (nSPS) is 13.2. The van der Waals surface area contributed by atoms with E-state index in [1.807, 2.05) is 0 Å². The molecule has 0 aliphatic rings. The van der Waals surface area contributed by atoms with Gasteiger partial charge in [0.1, 0.15) is 0 Å². The maximum absolute atomic E-state index is 12.1. The molecule has 1 aromatic rings. The molecular weight excluding hydrogens is 424 g/mol.